The number of ketones is 1. The summed E-state index contributed by atoms with van der Waals surface area (Å²) in [5, 5.41) is 1.08. The molecule has 4 nitrogen and oxygen atoms in total. The molecule has 1 aliphatic heterocycles. The summed E-state index contributed by atoms with van der Waals surface area (Å²) in [6.45, 7) is 2.36. The number of rotatable bonds is 4. The number of nitrogens with zero attached hydrogens (tertiary/aromatic N) is 1. The van der Waals surface area contributed by atoms with E-state index in [9.17, 15) is 4.79 Å². The summed E-state index contributed by atoms with van der Waals surface area (Å²) in [5.74, 6) is 1.51. The first kappa shape index (κ1) is 19.6. The molecule has 0 atom stereocenters. The zero-order valence-corrected chi connectivity index (χ0v) is 18.8. The van der Waals surface area contributed by atoms with Gasteiger partial charge < -0.3 is 14.0 Å². The minimum Gasteiger partial charge on any atom is -0.488 e. The second-order valence-electron chi connectivity index (χ2n) is 7.63. The maximum Gasteiger partial charge on any atom is 0.231 e. The molecule has 5 heteroatoms. The van der Waals surface area contributed by atoms with Crippen LogP contribution in [0.15, 0.2) is 77.1 Å². The van der Waals surface area contributed by atoms with Crippen molar-refractivity contribution in [3.63, 3.8) is 0 Å². The van der Waals surface area contributed by atoms with Gasteiger partial charge in [-0.2, -0.15) is 0 Å². The topological polar surface area (TPSA) is 40.5 Å². The van der Waals surface area contributed by atoms with Crippen molar-refractivity contribution in [3.8, 4) is 11.5 Å². The average molecular weight is 474 g/mol. The van der Waals surface area contributed by atoms with Gasteiger partial charge in [-0.1, -0.05) is 46.3 Å². The van der Waals surface area contributed by atoms with Crippen molar-refractivity contribution < 1.29 is 14.3 Å². The molecule has 4 aromatic rings. The fourth-order valence-corrected chi connectivity index (χ4v) is 4.16. The highest BCUT2D eigenvalue weighted by molar-refractivity contribution is 9.10. The molecule has 1 aromatic heterocycles. The molecule has 154 valence electrons. The predicted octanol–water partition coefficient (Wildman–Crippen LogP) is 6.44. The Labute approximate surface area is 188 Å². The summed E-state index contributed by atoms with van der Waals surface area (Å²) < 4.78 is 15.1. The normalized spacial score (nSPS) is 14.2. The third-order valence-corrected chi connectivity index (χ3v) is 6.09. The lowest BCUT2D eigenvalue weighted by Crippen LogP contribution is -1.98. The Balaban J connectivity index is 1.43. The van der Waals surface area contributed by atoms with Gasteiger partial charge in [-0.3, -0.25) is 4.79 Å². The van der Waals surface area contributed by atoms with E-state index in [2.05, 4.69) is 22.0 Å². The molecule has 5 rings (SSSR count). The van der Waals surface area contributed by atoms with Crippen LogP contribution in [0.4, 0.5) is 0 Å². The maximum atomic E-state index is 13.0. The zero-order valence-electron chi connectivity index (χ0n) is 17.2. The number of ether oxygens (including phenoxy) is 2. The summed E-state index contributed by atoms with van der Waals surface area (Å²) >= 11 is 3.44. The quantitative estimate of drug-likeness (QED) is 0.320. The second kappa shape index (κ2) is 7.75. The number of fused-ring (bicyclic) bond motifs is 2. The van der Waals surface area contributed by atoms with E-state index < -0.39 is 0 Å². The number of hydrogen-bond donors (Lipinski definition) is 0. The summed E-state index contributed by atoms with van der Waals surface area (Å²) in [5.41, 5.74) is 4.52. The highest BCUT2D eigenvalue weighted by Crippen LogP contribution is 2.40. The fraction of sp³-hybridized carbons (Fsp3) is 0.115. The second-order valence-corrected chi connectivity index (χ2v) is 8.55. The van der Waals surface area contributed by atoms with Gasteiger partial charge in [0.05, 0.1) is 5.56 Å². The molecule has 0 radical (unpaired) electrons. The summed E-state index contributed by atoms with van der Waals surface area (Å²) in [7, 11) is 2.00. The first-order valence-corrected chi connectivity index (χ1v) is 10.8. The van der Waals surface area contributed by atoms with E-state index in [4.69, 9.17) is 9.47 Å². The molecule has 31 heavy (non-hydrogen) atoms. The third-order valence-electron chi connectivity index (χ3n) is 5.56. The van der Waals surface area contributed by atoms with Crippen LogP contribution < -0.4 is 9.47 Å². The van der Waals surface area contributed by atoms with E-state index in [1.807, 2.05) is 79.3 Å². The molecule has 1 aliphatic rings. The predicted molar refractivity (Wildman–Crippen MR) is 126 cm³/mol. The first-order valence-electron chi connectivity index (χ1n) is 10.0. The number of carbonyl (C=O) groups is 1. The zero-order chi connectivity index (χ0) is 21.5. The minimum absolute atomic E-state index is 0.106. The van der Waals surface area contributed by atoms with E-state index >= 15 is 0 Å². The third kappa shape index (κ3) is 3.55. The maximum absolute atomic E-state index is 13.0. The summed E-state index contributed by atoms with van der Waals surface area (Å²) in [4.78, 5) is 13.0. The largest absolute Gasteiger partial charge is 0.488 e. The van der Waals surface area contributed by atoms with Crippen molar-refractivity contribution in [3.05, 3.63) is 99.3 Å². The molecule has 0 fully saturated rings. The van der Waals surface area contributed by atoms with Crippen molar-refractivity contribution in [1.29, 1.82) is 0 Å². The number of aromatic nitrogens is 1. The van der Waals surface area contributed by atoms with Gasteiger partial charge in [-0.05, 0) is 48.9 Å². The van der Waals surface area contributed by atoms with Gasteiger partial charge in [0.1, 0.15) is 18.1 Å². The first-order chi connectivity index (χ1) is 15.0. The number of Topliss-reactive ketones (excluding diaryl/α,β-unsaturated/α-hetero) is 1. The van der Waals surface area contributed by atoms with Gasteiger partial charge in [-0.15, -0.1) is 0 Å². The standard InChI is InChI=1S/C26H20BrNO3/c1-16-23(30-15-17-7-9-19(27)10-8-17)12-11-21-25(29)24(31-26(16)21)13-18-14-28(2)22-6-4-3-5-20(18)22/h3-14H,15H2,1-2H3. The van der Waals surface area contributed by atoms with E-state index in [0.717, 1.165) is 32.1 Å². The Bertz CT molecular complexity index is 1350. The molecule has 0 unspecified atom stereocenters. The fourth-order valence-electron chi connectivity index (χ4n) is 3.90. The van der Waals surface area contributed by atoms with Crippen LogP contribution in [-0.2, 0) is 13.7 Å². The lowest BCUT2D eigenvalue weighted by molar-refractivity contribution is 0.101. The average Bonchev–Trinajstić information content (AvgIpc) is 3.27. The molecule has 0 bridgehead atoms. The Kier molecular flexibility index (Phi) is 4.91. The minimum atomic E-state index is -0.106. The SMILES string of the molecule is Cc1c(OCc2ccc(Br)cc2)ccc2c1OC(=Cc1cn(C)c3ccccc13)C2=O. The number of hydrogen-bond acceptors (Lipinski definition) is 3. The van der Waals surface area contributed by atoms with E-state index in [1.165, 1.54) is 0 Å². The number of para-hydroxylation sites is 1. The van der Waals surface area contributed by atoms with Crippen LogP contribution in [0, 0.1) is 6.92 Å². The highest BCUT2D eigenvalue weighted by atomic mass is 79.9. The van der Waals surface area contributed by atoms with Gasteiger partial charge in [-0.25, -0.2) is 0 Å². The molecule has 0 saturated carbocycles. The molecule has 0 amide bonds. The number of carbonyl (C=O) groups excluding carboxylic acids is 1. The van der Waals surface area contributed by atoms with Crippen molar-refractivity contribution in [1.82, 2.24) is 4.57 Å². The van der Waals surface area contributed by atoms with Crippen LogP contribution in [-0.4, -0.2) is 10.4 Å². The van der Waals surface area contributed by atoms with Gasteiger partial charge in [0.25, 0.3) is 0 Å². The van der Waals surface area contributed by atoms with Gasteiger partial charge in [0, 0.05) is 39.7 Å². The molecule has 2 heterocycles. The molecular formula is C26H20BrNO3. The van der Waals surface area contributed by atoms with Crippen molar-refractivity contribution >= 4 is 38.7 Å². The van der Waals surface area contributed by atoms with Crippen molar-refractivity contribution in [2.45, 2.75) is 13.5 Å². The van der Waals surface area contributed by atoms with Gasteiger partial charge >= 0.3 is 0 Å². The van der Waals surface area contributed by atoms with Gasteiger partial charge in [0.15, 0.2) is 5.76 Å². The Morgan fingerprint density at radius 3 is 2.65 bits per heavy atom. The molecule has 0 N–H and O–H groups in total. The molecule has 3 aromatic carbocycles. The van der Waals surface area contributed by atoms with E-state index in [-0.39, 0.29) is 5.78 Å². The van der Waals surface area contributed by atoms with Crippen LogP contribution in [0.5, 0.6) is 11.5 Å². The highest BCUT2D eigenvalue weighted by Gasteiger charge is 2.30. The van der Waals surface area contributed by atoms with Crippen LogP contribution >= 0.6 is 15.9 Å². The summed E-state index contributed by atoms with van der Waals surface area (Å²) in [6.07, 6.45) is 3.84. The molecule has 0 spiro atoms. The Morgan fingerprint density at radius 1 is 1.06 bits per heavy atom. The number of aryl methyl sites for hydroxylation is 1. The number of allylic oxidation sites excluding steroid dienone is 1. The van der Waals surface area contributed by atoms with Crippen LogP contribution in [0.25, 0.3) is 17.0 Å². The van der Waals surface area contributed by atoms with Crippen LogP contribution in [0.3, 0.4) is 0 Å². The number of benzene rings is 3. The molecule has 0 saturated heterocycles. The monoisotopic (exact) mass is 473 g/mol. The van der Waals surface area contributed by atoms with E-state index in [0.29, 0.717) is 29.4 Å². The molecule has 0 aliphatic carbocycles. The van der Waals surface area contributed by atoms with Crippen molar-refractivity contribution in [2.75, 3.05) is 0 Å². The Hall–Kier alpha value is -3.31. The Morgan fingerprint density at radius 2 is 1.84 bits per heavy atom. The molecular weight excluding hydrogens is 454 g/mol. The van der Waals surface area contributed by atoms with Crippen LogP contribution in [0.1, 0.15) is 27.0 Å². The smallest absolute Gasteiger partial charge is 0.231 e. The van der Waals surface area contributed by atoms with Crippen LogP contribution in [0.2, 0.25) is 0 Å². The summed E-state index contributed by atoms with van der Waals surface area (Å²) in [6, 6.07) is 19.7. The lowest BCUT2D eigenvalue weighted by Gasteiger charge is -2.11. The van der Waals surface area contributed by atoms with E-state index in [1.54, 1.807) is 6.07 Å². The number of halogens is 1. The lowest BCUT2D eigenvalue weighted by atomic mass is 10.1. The van der Waals surface area contributed by atoms with Crippen molar-refractivity contribution in [2.24, 2.45) is 7.05 Å². The van der Waals surface area contributed by atoms with Gasteiger partial charge in [0.2, 0.25) is 5.78 Å².